The highest BCUT2D eigenvalue weighted by molar-refractivity contribution is 5.81. The van der Waals surface area contributed by atoms with Crippen LogP contribution in [0.5, 0.6) is 0 Å². The lowest BCUT2D eigenvalue weighted by molar-refractivity contribution is -0.384. The van der Waals surface area contributed by atoms with Crippen molar-refractivity contribution < 1.29 is 9.72 Å². The van der Waals surface area contributed by atoms with E-state index in [4.69, 9.17) is 5.26 Å². The Morgan fingerprint density at radius 1 is 1.55 bits per heavy atom. The van der Waals surface area contributed by atoms with E-state index in [9.17, 15) is 14.9 Å². The second kappa shape index (κ2) is 7.04. The predicted octanol–water partition coefficient (Wildman–Crippen LogP) is 1.14. The number of carbonyl (C=O) groups is 1. The summed E-state index contributed by atoms with van der Waals surface area (Å²) >= 11 is 0. The van der Waals surface area contributed by atoms with E-state index in [1.807, 2.05) is 13.8 Å². The zero-order valence-electron chi connectivity index (χ0n) is 11.3. The van der Waals surface area contributed by atoms with E-state index in [1.54, 1.807) is 11.0 Å². The van der Waals surface area contributed by atoms with Gasteiger partial charge in [-0.05, 0) is 19.9 Å². The van der Waals surface area contributed by atoms with Gasteiger partial charge in [0.2, 0.25) is 11.7 Å². The van der Waals surface area contributed by atoms with E-state index in [1.165, 1.54) is 12.3 Å². The summed E-state index contributed by atoms with van der Waals surface area (Å²) in [7, 11) is 0. The Bertz CT molecular complexity index is 549. The second-order valence-corrected chi connectivity index (χ2v) is 3.84. The molecule has 0 aliphatic heterocycles. The average Bonchev–Trinajstić information content (AvgIpc) is 2.45. The summed E-state index contributed by atoms with van der Waals surface area (Å²) in [5.41, 5.74) is -0.509. The van der Waals surface area contributed by atoms with E-state index in [2.05, 4.69) is 10.3 Å². The van der Waals surface area contributed by atoms with Gasteiger partial charge in [0.25, 0.3) is 0 Å². The van der Waals surface area contributed by atoms with Gasteiger partial charge in [0.05, 0.1) is 11.5 Å². The van der Waals surface area contributed by atoms with Crippen LogP contribution < -0.4 is 5.32 Å². The van der Waals surface area contributed by atoms with Gasteiger partial charge in [-0.3, -0.25) is 14.9 Å². The number of anilines is 1. The number of hydrogen-bond acceptors (Lipinski definition) is 6. The molecule has 0 atom stereocenters. The van der Waals surface area contributed by atoms with Crippen LogP contribution in [0.2, 0.25) is 0 Å². The van der Waals surface area contributed by atoms with Crippen LogP contribution in [0.25, 0.3) is 0 Å². The molecule has 1 aromatic heterocycles. The van der Waals surface area contributed by atoms with Crippen molar-refractivity contribution in [1.29, 1.82) is 5.26 Å². The molecule has 0 bridgehead atoms. The standard InChI is InChI=1S/C12H15N5O3/c1-3-16(4-2)10(18)8-15-12-11(17(19)20)9(7-13)5-6-14-12/h5-6H,3-4,8H2,1-2H3,(H,14,15). The number of nitrogens with zero attached hydrogens (tertiary/aromatic N) is 4. The molecule has 0 fully saturated rings. The van der Waals surface area contributed by atoms with Crippen molar-refractivity contribution in [3.05, 3.63) is 27.9 Å². The summed E-state index contributed by atoms with van der Waals surface area (Å²) < 4.78 is 0. The summed E-state index contributed by atoms with van der Waals surface area (Å²) in [6, 6.07) is 2.99. The highest BCUT2D eigenvalue weighted by Gasteiger charge is 2.22. The van der Waals surface area contributed by atoms with Crippen molar-refractivity contribution >= 4 is 17.4 Å². The molecule has 1 aromatic rings. The molecule has 1 rings (SSSR count). The van der Waals surface area contributed by atoms with Gasteiger partial charge >= 0.3 is 5.69 Å². The molecule has 0 unspecified atom stereocenters. The highest BCUT2D eigenvalue weighted by Crippen LogP contribution is 2.25. The molecular weight excluding hydrogens is 262 g/mol. The molecule has 8 nitrogen and oxygen atoms in total. The van der Waals surface area contributed by atoms with Gasteiger partial charge in [0.1, 0.15) is 11.6 Å². The summed E-state index contributed by atoms with van der Waals surface area (Å²) in [6.45, 7) is 4.71. The fourth-order valence-electron chi connectivity index (χ4n) is 1.71. The van der Waals surface area contributed by atoms with Crippen LogP contribution in [0.15, 0.2) is 12.3 Å². The lowest BCUT2D eigenvalue weighted by atomic mass is 10.2. The number of nitriles is 1. The smallest absolute Gasteiger partial charge is 0.328 e. The van der Waals surface area contributed by atoms with Crippen molar-refractivity contribution in [3.63, 3.8) is 0 Å². The zero-order valence-corrected chi connectivity index (χ0v) is 11.3. The largest absolute Gasteiger partial charge is 0.355 e. The fourth-order valence-corrected chi connectivity index (χ4v) is 1.71. The first-order valence-corrected chi connectivity index (χ1v) is 6.10. The van der Waals surface area contributed by atoms with E-state index >= 15 is 0 Å². The van der Waals surface area contributed by atoms with Gasteiger partial charge < -0.3 is 10.2 Å². The molecule has 8 heteroatoms. The van der Waals surface area contributed by atoms with Crippen LogP contribution >= 0.6 is 0 Å². The fraction of sp³-hybridized carbons (Fsp3) is 0.417. The molecule has 106 valence electrons. The topological polar surface area (TPSA) is 112 Å². The Balaban J connectivity index is 2.91. The van der Waals surface area contributed by atoms with Crippen molar-refractivity contribution in [2.45, 2.75) is 13.8 Å². The maximum Gasteiger partial charge on any atom is 0.328 e. The van der Waals surface area contributed by atoms with Gasteiger partial charge in [0.15, 0.2) is 0 Å². The minimum atomic E-state index is -0.685. The minimum absolute atomic E-state index is 0.0745. The van der Waals surface area contributed by atoms with Crippen LogP contribution in [0, 0.1) is 21.4 Å². The van der Waals surface area contributed by atoms with Crippen LogP contribution in [-0.4, -0.2) is 40.3 Å². The zero-order chi connectivity index (χ0) is 15.1. The van der Waals surface area contributed by atoms with E-state index in [-0.39, 0.29) is 23.8 Å². The van der Waals surface area contributed by atoms with Crippen LogP contribution in [0.4, 0.5) is 11.5 Å². The van der Waals surface area contributed by atoms with Gasteiger partial charge in [-0.2, -0.15) is 5.26 Å². The number of rotatable bonds is 6. The van der Waals surface area contributed by atoms with Crippen molar-refractivity contribution in [2.24, 2.45) is 0 Å². The van der Waals surface area contributed by atoms with Gasteiger partial charge in [-0.1, -0.05) is 0 Å². The first kappa shape index (κ1) is 15.4. The van der Waals surface area contributed by atoms with Crippen molar-refractivity contribution in [3.8, 4) is 6.07 Å². The maximum absolute atomic E-state index is 11.8. The number of hydrogen-bond donors (Lipinski definition) is 1. The number of nitro groups is 1. The summed E-state index contributed by atoms with van der Waals surface area (Å²) in [4.78, 5) is 27.5. The molecule has 0 aliphatic rings. The highest BCUT2D eigenvalue weighted by atomic mass is 16.6. The molecule has 0 aliphatic carbocycles. The quantitative estimate of drug-likeness (QED) is 0.616. The monoisotopic (exact) mass is 277 g/mol. The molecule has 0 spiro atoms. The Kier molecular flexibility index (Phi) is 5.41. The number of amides is 1. The summed E-state index contributed by atoms with van der Waals surface area (Å²) in [5.74, 6) is -0.261. The normalized spacial score (nSPS) is 9.65. The number of aromatic nitrogens is 1. The van der Waals surface area contributed by atoms with Crippen LogP contribution in [0.1, 0.15) is 19.4 Å². The summed E-state index contributed by atoms with van der Waals surface area (Å²) in [6.07, 6.45) is 1.29. The third-order valence-electron chi connectivity index (χ3n) is 2.75. The van der Waals surface area contributed by atoms with Gasteiger partial charge in [-0.15, -0.1) is 0 Å². The molecule has 20 heavy (non-hydrogen) atoms. The number of likely N-dealkylation sites (N-methyl/N-ethyl adjacent to an activating group) is 1. The van der Waals surface area contributed by atoms with Crippen molar-refractivity contribution in [1.82, 2.24) is 9.88 Å². The Hall–Kier alpha value is -2.69. The first-order chi connectivity index (χ1) is 9.54. The lowest BCUT2D eigenvalue weighted by Crippen LogP contribution is -2.35. The van der Waals surface area contributed by atoms with Gasteiger partial charge in [-0.25, -0.2) is 4.98 Å². The molecule has 1 heterocycles. The second-order valence-electron chi connectivity index (χ2n) is 3.84. The Labute approximate surface area is 116 Å². The third kappa shape index (κ3) is 3.41. The van der Waals surface area contributed by atoms with Crippen LogP contribution in [-0.2, 0) is 4.79 Å². The predicted molar refractivity (Wildman–Crippen MR) is 72.0 cm³/mol. The molecular formula is C12H15N5O3. The molecule has 0 saturated carbocycles. The minimum Gasteiger partial charge on any atom is -0.355 e. The maximum atomic E-state index is 11.8. The van der Waals surface area contributed by atoms with Crippen molar-refractivity contribution in [2.75, 3.05) is 25.0 Å². The van der Waals surface area contributed by atoms with Crippen LogP contribution in [0.3, 0.4) is 0 Å². The third-order valence-corrected chi connectivity index (χ3v) is 2.75. The van der Waals surface area contributed by atoms with E-state index in [0.29, 0.717) is 13.1 Å². The molecule has 0 aromatic carbocycles. The molecule has 1 N–H and O–H groups in total. The number of pyridine rings is 1. The molecule has 1 amide bonds. The average molecular weight is 277 g/mol. The Morgan fingerprint density at radius 2 is 2.20 bits per heavy atom. The molecule has 0 saturated heterocycles. The first-order valence-electron chi connectivity index (χ1n) is 6.10. The SMILES string of the molecule is CCN(CC)C(=O)CNc1nccc(C#N)c1[N+](=O)[O-]. The lowest BCUT2D eigenvalue weighted by Gasteiger charge is -2.18. The number of nitrogens with one attached hydrogen (secondary N) is 1. The van der Waals surface area contributed by atoms with E-state index in [0.717, 1.165) is 0 Å². The molecule has 0 radical (unpaired) electrons. The Morgan fingerprint density at radius 3 is 2.70 bits per heavy atom. The van der Waals surface area contributed by atoms with E-state index < -0.39 is 10.6 Å². The number of carbonyl (C=O) groups excluding carboxylic acids is 1. The summed E-state index contributed by atoms with van der Waals surface area (Å²) in [5, 5.41) is 22.4. The van der Waals surface area contributed by atoms with Gasteiger partial charge in [0, 0.05) is 19.3 Å².